The highest BCUT2D eigenvalue weighted by molar-refractivity contribution is 5.47. The molecule has 1 aromatic rings. The minimum absolute atomic E-state index is 0.580. The zero-order valence-electron chi connectivity index (χ0n) is 9.35. The van der Waals surface area contributed by atoms with Gasteiger partial charge in [0.2, 0.25) is 6.54 Å². The fourth-order valence-electron chi connectivity index (χ4n) is 1.88. The summed E-state index contributed by atoms with van der Waals surface area (Å²) < 4.78 is 5.32. The zero-order valence-corrected chi connectivity index (χ0v) is 9.35. The lowest BCUT2D eigenvalue weighted by molar-refractivity contribution is 0.122. The van der Waals surface area contributed by atoms with Crippen LogP contribution in [0.25, 0.3) is 4.85 Å². The van der Waals surface area contributed by atoms with Gasteiger partial charge in [0.05, 0.1) is 13.2 Å². The monoisotopic (exact) mass is 216 g/mol. The average Bonchev–Trinajstić information content (AvgIpc) is 2.38. The molecule has 1 aliphatic rings. The fourth-order valence-corrected chi connectivity index (χ4v) is 1.88. The van der Waals surface area contributed by atoms with E-state index < -0.39 is 0 Å². The predicted molar refractivity (Wildman–Crippen MR) is 64.6 cm³/mol. The molecule has 1 heterocycles. The Balaban J connectivity index is 1.98. The highest BCUT2D eigenvalue weighted by atomic mass is 16.5. The van der Waals surface area contributed by atoms with Crippen LogP contribution in [0.5, 0.6) is 0 Å². The third kappa shape index (κ3) is 2.74. The van der Waals surface area contributed by atoms with Crippen molar-refractivity contribution in [1.82, 2.24) is 0 Å². The van der Waals surface area contributed by atoms with Crippen molar-refractivity contribution in [3.8, 4) is 0 Å². The molecule has 2 rings (SSSR count). The van der Waals surface area contributed by atoms with Crippen LogP contribution >= 0.6 is 0 Å². The molecule has 1 aromatic carbocycles. The number of nitrogens with zero attached hydrogens (tertiary/aromatic N) is 2. The van der Waals surface area contributed by atoms with E-state index in [1.807, 2.05) is 0 Å². The van der Waals surface area contributed by atoms with E-state index >= 15 is 0 Å². The molecular weight excluding hydrogens is 200 g/mol. The molecule has 84 valence electrons. The number of ether oxygens (including phenoxy) is 1. The first-order chi connectivity index (χ1) is 7.90. The van der Waals surface area contributed by atoms with Crippen molar-refractivity contribution in [2.24, 2.45) is 0 Å². The molecule has 0 amide bonds. The molecule has 0 N–H and O–H groups in total. The Kier molecular flexibility index (Phi) is 3.79. The number of hydrogen-bond donors (Lipinski definition) is 0. The molecule has 1 fully saturated rings. The summed E-state index contributed by atoms with van der Waals surface area (Å²) in [7, 11) is 0. The summed E-state index contributed by atoms with van der Waals surface area (Å²) in [6.45, 7) is 10.9. The fraction of sp³-hybridized carbons (Fsp3) is 0.462. The Morgan fingerprint density at radius 1 is 1.19 bits per heavy atom. The molecule has 0 saturated carbocycles. The SMILES string of the molecule is [C-]#[N+]CCc1ccc(N2CCOCC2)cc1. The number of morpholine rings is 1. The van der Waals surface area contributed by atoms with Crippen LogP contribution in [0.4, 0.5) is 5.69 Å². The molecule has 0 radical (unpaired) electrons. The number of rotatable bonds is 3. The molecule has 0 bridgehead atoms. The van der Waals surface area contributed by atoms with E-state index in [2.05, 4.69) is 34.0 Å². The summed E-state index contributed by atoms with van der Waals surface area (Å²) >= 11 is 0. The second-order valence-corrected chi connectivity index (χ2v) is 3.90. The summed E-state index contributed by atoms with van der Waals surface area (Å²) in [4.78, 5) is 5.70. The number of anilines is 1. The van der Waals surface area contributed by atoms with Gasteiger partial charge in [0.1, 0.15) is 0 Å². The summed E-state index contributed by atoms with van der Waals surface area (Å²) in [5, 5.41) is 0. The van der Waals surface area contributed by atoms with Gasteiger partial charge in [-0.2, -0.15) is 0 Å². The summed E-state index contributed by atoms with van der Waals surface area (Å²) in [5.41, 5.74) is 2.50. The van der Waals surface area contributed by atoms with Crippen molar-refractivity contribution in [3.63, 3.8) is 0 Å². The standard InChI is InChI=1S/C13H16N2O/c1-14-7-6-12-2-4-13(5-3-12)15-8-10-16-11-9-15/h2-5H,6-11H2. The predicted octanol–water partition coefficient (Wildman–Crippen LogP) is 1.98. The highest BCUT2D eigenvalue weighted by Gasteiger charge is 2.10. The molecule has 3 nitrogen and oxygen atoms in total. The lowest BCUT2D eigenvalue weighted by Gasteiger charge is -2.28. The molecule has 1 aliphatic heterocycles. The summed E-state index contributed by atoms with van der Waals surface area (Å²) in [6.07, 6.45) is 0.854. The summed E-state index contributed by atoms with van der Waals surface area (Å²) in [5.74, 6) is 0. The molecular formula is C13H16N2O. The molecule has 0 aliphatic carbocycles. The van der Waals surface area contributed by atoms with E-state index in [4.69, 9.17) is 11.3 Å². The Morgan fingerprint density at radius 2 is 1.88 bits per heavy atom. The first-order valence-corrected chi connectivity index (χ1v) is 5.65. The van der Waals surface area contributed by atoms with E-state index in [0.29, 0.717) is 6.54 Å². The van der Waals surface area contributed by atoms with Crippen LogP contribution in [-0.2, 0) is 11.2 Å². The second kappa shape index (κ2) is 5.53. The van der Waals surface area contributed by atoms with Gasteiger partial charge >= 0.3 is 0 Å². The van der Waals surface area contributed by atoms with Crippen LogP contribution < -0.4 is 4.90 Å². The maximum atomic E-state index is 6.76. The smallest absolute Gasteiger partial charge is 0.218 e. The molecule has 3 heteroatoms. The van der Waals surface area contributed by atoms with Gasteiger partial charge in [-0.15, -0.1) is 0 Å². The Morgan fingerprint density at radius 3 is 2.50 bits per heavy atom. The van der Waals surface area contributed by atoms with Crippen molar-refractivity contribution >= 4 is 5.69 Å². The van der Waals surface area contributed by atoms with Gasteiger partial charge in [-0.25, -0.2) is 6.57 Å². The molecule has 0 aromatic heterocycles. The van der Waals surface area contributed by atoms with Crippen molar-refractivity contribution in [1.29, 1.82) is 0 Å². The lowest BCUT2D eigenvalue weighted by atomic mass is 10.1. The van der Waals surface area contributed by atoms with Gasteiger partial charge in [-0.3, -0.25) is 0 Å². The highest BCUT2D eigenvalue weighted by Crippen LogP contribution is 2.16. The van der Waals surface area contributed by atoms with E-state index in [0.717, 1.165) is 32.7 Å². The maximum absolute atomic E-state index is 6.76. The first-order valence-electron chi connectivity index (χ1n) is 5.65. The largest absolute Gasteiger partial charge is 0.378 e. The molecule has 0 atom stereocenters. The second-order valence-electron chi connectivity index (χ2n) is 3.90. The van der Waals surface area contributed by atoms with Crippen LogP contribution in [0.1, 0.15) is 5.56 Å². The molecule has 0 spiro atoms. The Labute approximate surface area is 96.5 Å². The van der Waals surface area contributed by atoms with Gasteiger partial charge in [-0.05, 0) is 17.7 Å². The molecule has 0 unspecified atom stereocenters. The quantitative estimate of drug-likeness (QED) is 0.719. The third-order valence-electron chi connectivity index (χ3n) is 2.82. The van der Waals surface area contributed by atoms with E-state index in [-0.39, 0.29) is 0 Å². The molecule has 1 saturated heterocycles. The summed E-state index contributed by atoms with van der Waals surface area (Å²) in [6, 6.07) is 8.53. The van der Waals surface area contributed by atoms with Crippen LogP contribution in [0.2, 0.25) is 0 Å². The zero-order chi connectivity index (χ0) is 11.2. The lowest BCUT2D eigenvalue weighted by Crippen LogP contribution is -2.36. The third-order valence-corrected chi connectivity index (χ3v) is 2.82. The average molecular weight is 216 g/mol. The first kappa shape index (κ1) is 11.0. The van der Waals surface area contributed by atoms with Gasteiger partial charge in [-0.1, -0.05) is 12.1 Å². The number of benzene rings is 1. The van der Waals surface area contributed by atoms with Gasteiger partial charge in [0.15, 0.2) is 0 Å². The maximum Gasteiger partial charge on any atom is 0.218 e. The minimum Gasteiger partial charge on any atom is -0.378 e. The van der Waals surface area contributed by atoms with Gasteiger partial charge < -0.3 is 14.5 Å². The van der Waals surface area contributed by atoms with Crippen LogP contribution in [0.3, 0.4) is 0 Å². The van der Waals surface area contributed by atoms with Crippen LogP contribution in [0.15, 0.2) is 24.3 Å². The molecule has 16 heavy (non-hydrogen) atoms. The Bertz CT molecular complexity index is 361. The van der Waals surface area contributed by atoms with E-state index in [1.165, 1.54) is 11.3 Å². The van der Waals surface area contributed by atoms with Crippen LogP contribution in [0, 0.1) is 6.57 Å². The van der Waals surface area contributed by atoms with Gasteiger partial charge in [0, 0.05) is 25.2 Å². The van der Waals surface area contributed by atoms with Crippen molar-refractivity contribution in [2.75, 3.05) is 37.7 Å². The van der Waals surface area contributed by atoms with Crippen molar-refractivity contribution in [3.05, 3.63) is 41.2 Å². The van der Waals surface area contributed by atoms with Crippen molar-refractivity contribution in [2.45, 2.75) is 6.42 Å². The topological polar surface area (TPSA) is 16.8 Å². The van der Waals surface area contributed by atoms with Gasteiger partial charge in [0.25, 0.3) is 0 Å². The van der Waals surface area contributed by atoms with E-state index in [9.17, 15) is 0 Å². The number of hydrogen-bond acceptors (Lipinski definition) is 2. The Hall–Kier alpha value is -1.53. The van der Waals surface area contributed by atoms with Crippen molar-refractivity contribution < 1.29 is 4.74 Å². The van der Waals surface area contributed by atoms with E-state index in [1.54, 1.807) is 0 Å². The minimum atomic E-state index is 0.580. The normalized spacial score (nSPS) is 15.8. The van der Waals surface area contributed by atoms with Crippen LogP contribution in [-0.4, -0.2) is 32.8 Å².